The molecule has 1 aromatic carbocycles. The number of anilines is 1. The zero-order chi connectivity index (χ0) is 12.1. The zero-order valence-electron chi connectivity index (χ0n) is 9.61. The molecule has 0 aromatic heterocycles. The molecule has 4 N–H and O–H groups in total. The predicted octanol–water partition coefficient (Wildman–Crippen LogP) is 0.186. The molecule has 1 aliphatic rings. The summed E-state index contributed by atoms with van der Waals surface area (Å²) in [6.07, 6.45) is 0.129. The first kappa shape index (κ1) is 11.9. The van der Waals surface area contributed by atoms with Crippen molar-refractivity contribution in [3.63, 3.8) is 0 Å². The zero-order valence-corrected chi connectivity index (χ0v) is 9.61. The predicted molar refractivity (Wildman–Crippen MR) is 66.1 cm³/mol. The highest BCUT2D eigenvalue weighted by atomic mass is 16.5. The monoisotopic (exact) mass is 235 g/mol. The number of primary amides is 1. The fourth-order valence-corrected chi connectivity index (χ4v) is 1.83. The lowest BCUT2D eigenvalue weighted by molar-refractivity contribution is 0.0372. The van der Waals surface area contributed by atoms with Gasteiger partial charge < -0.3 is 21.1 Å². The van der Waals surface area contributed by atoms with Gasteiger partial charge in [-0.3, -0.25) is 4.79 Å². The summed E-state index contributed by atoms with van der Waals surface area (Å²) >= 11 is 0. The number of ether oxygens (including phenoxy) is 1. The number of hydrogen-bond acceptors (Lipinski definition) is 4. The standard InChI is InChI=1S/C12H17N3O2/c13-12(16)10-3-1-2-4-11(10)15-8-9-7-14-5-6-17-9/h1-4,9,14-15H,5-8H2,(H2,13,16). The molecule has 0 saturated carbocycles. The van der Waals surface area contributed by atoms with Gasteiger partial charge in [-0.05, 0) is 12.1 Å². The number of amides is 1. The first-order valence-electron chi connectivity index (χ1n) is 5.72. The lowest BCUT2D eigenvalue weighted by Gasteiger charge is -2.24. The molecule has 2 rings (SSSR count). The number of nitrogens with two attached hydrogens (primary N) is 1. The summed E-state index contributed by atoms with van der Waals surface area (Å²) in [5.74, 6) is -0.421. The number of hydrogen-bond donors (Lipinski definition) is 3. The molecule has 1 fully saturated rings. The molecule has 1 unspecified atom stereocenters. The van der Waals surface area contributed by atoms with E-state index in [0.717, 1.165) is 25.4 Å². The molecule has 17 heavy (non-hydrogen) atoms. The summed E-state index contributed by atoms with van der Waals surface area (Å²) in [5, 5.41) is 6.45. The maximum atomic E-state index is 11.2. The van der Waals surface area contributed by atoms with Gasteiger partial charge in [0.1, 0.15) is 0 Å². The Bertz CT molecular complexity index is 389. The van der Waals surface area contributed by atoms with Gasteiger partial charge in [-0.1, -0.05) is 12.1 Å². The lowest BCUT2D eigenvalue weighted by atomic mass is 10.1. The van der Waals surface area contributed by atoms with Crippen molar-refractivity contribution in [2.75, 3.05) is 31.6 Å². The van der Waals surface area contributed by atoms with Gasteiger partial charge in [0, 0.05) is 25.3 Å². The van der Waals surface area contributed by atoms with Gasteiger partial charge >= 0.3 is 0 Å². The van der Waals surface area contributed by atoms with E-state index in [2.05, 4.69) is 10.6 Å². The minimum absolute atomic E-state index is 0.129. The van der Waals surface area contributed by atoms with Gasteiger partial charge in [-0.25, -0.2) is 0 Å². The van der Waals surface area contributed by atoms with Crippen molar-refractivity contribution < 1.29 is 9.53 Å². The molecule has 1 heterocycles. The fraction of sp³-hybridized carbons (Fsp3) is 0.417. The number of nitrogens with one attached hydrogen (secondary N) is 2. The van der Waals surface area contributed by atoms with E-state index in [9.17, 15) is 4.79 Å². The minimum atomic E-state index is -0.421. The second-order valence-corrected chi connectivity index (χ2v) is 3.99. The molecule has 1 atom stereocenters. The Labute approximate surface area is 100 Å². The van der Waals surface area contributed by atoms with E-state index >= 15 is 0 Å². The molecule has 0 aliphatic carbocycles. The van der Waals surface area contributed by atoms with Crippen LogP contribution in [0, 0.1) is 0 Å². The van der Waals surface area contributed by atoms with E-state index in [0.29, 0.717) is 12.1 Å². The third-order valence-corrected chi connectivity index (χ3v) is 2.72. The van der Waals surface area contributed by atoms with Crippen molar-refractivity contribution in [1.29, 1.82) is 0 Å². The topological polar surface area (TPSA) is 76.4 Å². The van der Waals surface area contributed by atoms with Gasteiger partial charge in [-0.15, -0.1) is 0 Å². The van der Waals surface area contributed by atoms with Crippen LogP contribution in [0.25, 0.3) is 0 Å². The summed E-state index contributed by atoms with van der Waals surface area (Å²) in [4.78, 5) is 11.2. The van der Waals surface area contributed by atoms with Gasteiger partial charge in [0.25, 0.3) is 5.91 Å². The van der Waals surface area contributed by atoms with E-state index in [4.69, 9.17) is 10.5 Å². The molecule has 5 nitrogen and oxygen atoms in total. The maximum absolute atomic E-state index is 11.2. The largest absolute Gasteiger partial charge is 0.382 e. The molecule has 0 spiro atoms. The maximum Gasteiger partial charge on any atom is 0.250 e. The summed E-state index contributed by atoms with van der Waals surface area (Å²) in [7, 11) is 0. The highest BCUT2D eigenvalue weighted by Crippen LogP contribution is 2.14. The molecule has 92 valence electrons. The van der Waals surface area contributed by atoms with Crippen molar-refractivity contribution >= 4 is 11.6 Å². The Hall–Kier alpha value is -1.59. The van der Waals surface area contributed by atoms with Crippen LogP contribution >= 0.6 is 0 Å². The van der Waals surface area contributed by atoms with E-state index in [-0.39, 0.29) is 6.10 Å². The fourth-order valence-electron chi connectivity index (χ4n) is 1.83. The average Bonchev–Trinajstić information content (AvgIpc) is 2.38. The number of para-hydroxylation sites is 1. The van der Waals surface area contributed by atoms with Gasteiger partial charge in [0.2, 0.25) is 0 Å². The van der Waals surface area contributed by atoms with Crippen molar-refractivity contribution in [2.45, 2.75) is 6.10 Å². The van der Waals surface area contributed by atoms with Crippen LogP contribution in [0.1, 0.15) is 10.4 Å². The SMILES string of the molecule is NC(=O)c1ccccc1NCC1CNCCO1. The Morgan fingerprint density at radius 2 is 2.35 bits per heavy atom. The summed E-state index contributed by atoms with van der Waals surface area (Å²) in [6, 6.07) is 7.22. The summed E-state index contributed by atoms with van der Waals surface area (Å²) in [6.45, 7) is 3.11. The molecular weight excluding hydrogens is 218 g/mol. The van der Waals surface area contributed by atoms with Crippen LogP contribution in [0.5, 0.6) is 0 Å². The van der Waals surface area contributed by atoms with Crippen LogP contribution in [0.3, 0.4) is 0 Å². The molecule has 0 bridgehead atoms. The van der Waals surface area contributed by atoms with Crippen LogP contribution in [0.4, 0.5) is 5.69 Å². The van der Waals surface area contributed by atoms with Crippen LogP contribution in [-0.2, 0) is 4.74 Å². The normalized spacial score (nSPS) is 19.9. The van der Waals surface area contributed by atoms with Crippen molar-refractivity contribution in [2.24, 2.45) is 5.73 Å². The van der Waals surface area contributed by atoms with Crippen LogP contribution in [0.2, 0.25) is 0 Å². The van der Waals surface area contributed by atoms with Crippen molar-refractivity contribution in [3.8, 4) is 0 Å². The second kappa shape index (κ2) is 5.65. The average molecular weight is 235 g/mol. The van der Waals surface area contributed by atoms with Crippen LogP contribution < -0.4 is 16.4 Å². The summed E-state index contributed by atoms with van der Waals surface area (Å²) in [5.41, 5.74) is 6.57. The summed E-state index contributed by atoms with van der Waals surface area (Å²) < 4.78 is 5.56. The number of rotatable bonds is 4. The van der Waals surface area contributed by atoms with E-state index in [1.165, 1.54) is 0 Å². The highest BCUT2D eigenvalue weighted by molar-refractivity contribution is 5.98. The van der Waals surface area contributed by atoms with Crippen LogP contribution in [0.15, 0.2) is 24.3 Å². The molecule has 1 amide bonds. The third kappa shape index (κ3) is 3.18. The first-order chi connectivity index (χ1) is 8.27. The lowest BCUT2D eigenvalue weighted by Crippen LogP contribution is -2.42. The van der Waals surface area contributed by atoms with Gasteiger partial charge in [-0.2, -0.15) is 0 Å². The first-order valence-corrected chi connectivity index (χ1v) is 5.72. The van der Waals surface area contributed by atoms with Crippen molar-refractivity contribution in [3.05, 3.63) is 29.8 Å². The van der Waals surface area contributed by atoms with Crippen LogP contribution in [-0.4, -0.2) is 38.3 Å². The molecule has 1 saturated heterocycles. The Morgan fingerprint density at radius 1 is 1.53 bits per heavy atom. The van der Waals surface area contributed by atoms with E-state index in [1.54, 1.807) is 12.1 Å². The van der Waals surface area contributed by atoms with Crippen molar-refractivity contribution in [1.82, 2.24) is 5.32 Å². The molecule has 0 radical (unpaired) electrons. The van der Waals surface area contributed by atoms with E-state index < -0.39 is 5.91 Å². The number of carbonyl (C=O) groups is 1. The van der Waals surface area contributed by atoms with Gasteiger partial charge in [0.05, 0.1) is 18.3 Å². The quantitative estimate of drug-likeness (QED) is 0.696. The smallest absolute Gasteiger partial charge is 0.250 e. The van der Waals surface area contributed by atoms with Gasteiger partial charge in [0.15, 0.2) is 0 Å². The highest BCUT2D eigenvalue weighted by Gasteiger charge is 2.14. The second-order valence-electron chi connectivity index (χ2n) is 3.99. The number of benzene rings is 1. The molecule has 1 aromatic rings. The number of morpholine rings is 1. The third-order valence-electron chi connectivity index (χ3n) is 2.72. The molecule has 5 heteroatoms. The molecular formula is C12H17N3O2. The Balaban J connectivity index is 1.96. The minimum Gasteiger partial charge on any atom is -0.382 e. The number of carbonyl (C=O) groups excluding carboxylic acids is 1. The Morgan fingerprint density at radius 3 is 3.06 bits per heavy atom. The molecule has 1 aliphatic heterocycles. The van der Waals surface area contributed by atoms with E-state index in [1.807, 2.05) is 12.1 Å². The Kier molecular flexibility index (Phi) is 3.95.